The van der Waals surface area contributed by atoms with Crippen LogP contribution in [0.1, 0.15) is 19.4 Å². The van der Waals surface area contributed by atoms with Gasteiger partial charge in [0.15, 0.2) is 0 Å². The Bertz CT molecular complexity index is 1640. The van der Waals surface area contributed by atoms with Crippen molar-refractivity contribution >= 4 is 43.5 Å². The minimum absolute atomic E-state index is 0.0270. The van der Waals surface area contributed by atoms with Crippen molar-refractivity contribution in [1.82, 2.24) is 4.40 Å². The normalized spacial score (nSPS) is 11.6. The Balaban J connectivity index is 0.000000471. The van der Waals surface area contributed by atoms with E-state index in [-0.39, 0.29) is 5.56 Å². The second-order valence-electron chi connectivity index (χ2n) is 7.89. The second-order valence-corrected chi connectivity index (χ2v) is 7.89. The molecule has 0 radical (unpaired) electrons. The fourth-order valence-corrected chi connectivity index (χ4v) is 4.33. The van der Waals surface area contributed by atoms with Crippen molar-refractivity contribution in [3.8, 4) is 0 Å². The maximum absolute atomic E-state index is 13.3. The summed E-state index contributed by atoms with van der Waals surface area (Å²) in [5.74, 6) is 0. The smallest absolute Gasteiger partial charge is 0.263 e. The second kappa shape index (κ2) is 9.13. The average Bonchev–Trinajstić information content (AvgIpc) is 3.18. The summed E-state index contributed by atoms with van der Waals surface area (Å²) in [6.07, 6.45) is 9.50. The Hall–Kier alpha value is -4.17. The van der Waals surface area contributed by atoms with Crippen LogP contribution >= 0.6 is 0 Å². The highest BCUT2D eigenvalue weighted by atomic mass is 16.1. The number of fused-ring (bicyclic) bond motifs is 5. The number of hydrogen-bond acceptors (Lipinski definition) is 1. The van der Waals surface area contributed by atoms with Gasteiger partial charge in [0, 0.05) is 21.5 Å². The molecule has 0 N–H and O–H groups in total. The summed E-state index contributed by atoms with van der Waals surface area (Å²) in [6, 6.07) is 20.2. The van der Waals surface area contributed by atoms with Crippen LogP contribution < -0.4 is 5.56 Å². The molecule has 0 spiro atoms. The molecule has 5 rings (SSSR count). The van der Waals surface area contributed by atoms with Gasteiger partial charge in [0.1, 0.15) is 0 Å². The topological polar surface area (TPSA) is 21.5 Å². The lowest BCUT2D eigenvalue weighted by Gasteiger charge is -2.06. The molecule has 0 saturated heterocycles. The molecule has 0 bridgehead atoms. The number of para-hydroxylation sites is 1. The number of benzene rings is 3. The molecule has 2 heterocycles. The molecule has 0 aliphatic heterocycles. The summed E-state index contributed by atoms with van der Waals surface area (Å²) in [7, 11) is 0. The van der Waals surface area contributed by atoms with Gasteiger partial charge in [-0.15, -0.1) is 0 Å². The fourth-order valence-electron chi connectivity index (χ4n) is 4.33. The molecule has 2 aromatic heterocycles. The number of aromatic nitrogens is 1. The third-order valence-corrected chi connectivity index (χ3v) is 5.87. The Morgan fingerprint density at radius 1 is 0.818 bits per heavy atom. The predicted molar refractivity (Wildman–Crippen MR) is 145 cm³/mol. The van der Waals surface area contributed by atoms with Crippen LogP contribution in [-0.2, 0) is 0 Å². The van der Waals surface area contributed by atoms with Crippen LogP contribution in [0.3, 0.4) is 0 Å². The molecule has 33 heavy (non-hydrogen) atoms. The summed E-state index contributed by atoms with van der Waals surface area (Å²) in [4.78, 5) is 13.3. The first-order chi connectivity index (χ1) is 16.0. The maximum atomic E-state index is 13.3. The molecule has 162 valence electrons. The SMILES string of the molecule is C=C(/C=C\C)C(=C)c1ccc2c(c1)c1cccc3c4ccccc4c(=O)n2c31.C=C/C=C\C. The molecule has 5 aromatic rings. The van der Waals surface area contributed by atoms with Gasteiger partial charge in [-0.25, -0.2) is 0 Å². The van der Waals surface area contributed by atoms with Crippen LogP contribution in [-0.4, -0.2) is 4.40 Å². The summed E-state index contributed by atoms with van der Waals surface area (Å²) in [6.45, 7) is 15.7. The summed E-state index contributed by atoms with van der Waals surface area (Å²) >= 11 is 0. The third-order valence-electron chi connectivity index (χ3n) is 5.87. The van der Waals surface area contributed by atoms with Gasteiger partial charge in [-0.05, 0) is 54.1 Å². The van der Waals surface area contributed by atoms with Crippen molar-refractivity contribution in [3.05, 3.63) is 132 Å². The van der Waals surface area contributed by atoms with Crippen molar-refractivity contribution in [1.29, 1.82) is 0 Å². The van der Waals surface area contributed by atoms with Crippen molar-refractivity contribution in [3.63, 3.8) is 0 Å². The zero-order valence-corrected chi connectivity index (χ0v) is 19.1. The molecule has 0 aliphatic rings. The Labute approximate surface area is 194 Å². The largest absolute Gasteiger partial charge is 0.275 e. The van der Waals surface area contributed by atoms with Gasteiger partial charge in [-0.2, -0.15) is 0 Å². The van der Waals surface area contributed by atoms with Crippen molar-refractivity contribution in [2.24, 2.45) is 0 Å². The third kappa shape index (κ3) is 3.70. The Morgan fingerprint density at radius 3 is 2.12 bits per heavy atom. The van der Waals surface area contributed by atoms with Crippen LogP contribution in [0.15, 0.2) is 121 Å². The lowest BCUT2D eigenvalue weighted by molar-refractivity contribution is 1.21. The number of rotatable bonds is 4. The molecule has 2 nitrogen and oxygen atoms in total. The molecule has 0 fully saturated rings. The van der Waals surface area contributed by atoms with E-state index in [1.54, 1.807) is 6.08 Å². The summed E-state index contributed by atoms with van der Waals surface area (Å²) in [5, 5.41) is 4.99. The van der Waals surface area contributed by atoms with Crippen LogP contribution in [0, 0.1) is 0 Å². The highest BCUT2D eigenvalue weighted by molar-refractivity contribution is 6.20. The highest BCUT2D eigenvalue weighted by Crippen LogP contribution is 2.35. The first-order valence-corrected chi connectivity index (χ1v) is 11.0. The number of nitrogens with zero attached hydrogens (tertiary/aromatic N) is 1. The van der Waals surface area contributed by atoms with Gasteiger partial charge in [0.2, 0.25) is 0 Å². The molecule has 0 saturated carbocycles. The average molecular weight is 430 g/mol. The van der Waals surface area contributed by atoms with E-state index in [0.29, 0.717) is 0 Å². The summed E-state index contributed by atoms with van der Waals surface area (Å²) in [5.41, 5.74) is 4.73. The van der Waals surface area contributed by atoms with Crippen LogP contribution in [0.25, 0.3) is 43.5 Å². The van der Waals surface area contributed by atoms with Crippen LogP contribution in [0.2, 0.25) is 0 Å². The highest BCUT2D eigenvalue weighted by Gasteiger charge is 2.17. The van der Waals surface area contributed by atoms with Crippen LogP contribution in [0.5, 0.6) is 0 Å². The molecule has 2 heteroatoms. The minimum atomic E-state index is 0.0270. The summed E-state index contributed by atoms with van der Waals surface area (Å²) < 4.78 is 1.86. The predicted octanol–water partition coefficient (Wildman–Crippen LogP) is 8.09. The number of allylic oxidation sites excluding steroid dienone is 7. The van der Waals surface area contributed by atoms with E-state index in [1.165, 1.54) is 0 Å². The van der Waals surface area contributed by atoms with Crippen molar-refractivity contribution in [2.75, 3.05) is 0 Å². The molecule has 0 atom stereocenters. The van der Waals surface area contributed by atoms with E-state index in [1.807, 2.05) is 79.0 Å². The molecule has 0 aliphatic carbocycles. The van der Waals surface area contributed by atoms with Gasteiger partial charge in [-0.3, -0.25) is 9.20 Å². The number of hydrogen-bond donors (Lipinski definition) is 0. The molecular weight excluding hydrogens is 402 g/mol. The molecular formula is C31H27NO. The molecule has 0 unspecified atom stereocenters. The van der Waals surface area contributed by atoms with E-state index >= 15 is 0 Å². The van der Waals surface area contributed by atoms with Crippen molar-refractivity contribution < 1.29 is 0 Å². The molecule has 0 amide bonds. The van der Waals surface area contributed by atoms with E-state index < -0.39 is 0 Å². The quantitative estimate of drug-likeness (QED) is 0.209. The number of pyridine rings is 1. The zero-order chi connectivity index (χ0) is 23.5. The van der Waals surface area contributed by atoms with Crippen LogP contribution in [0.4, 0.5) is 0 Å². The van der Waals surface area contributed by atoms with E-state index in [9.17, 15) is 4.79 Å². The zero-order valence-electron chi connectivity index (χ0n) is 19.1. The Kier molecular flexibility index (Phi) is 6.10. The first-order valence-electron chi connectivity index (χ1n) is 11.0. The van der Waals surface area contributed by atoms with Gasteiger partial charge in [-0.1, -0.05) is 92.6 Å². The van der Waals surface area contributed by atoms with Crippen molar-refractivity contribution in [2.45, 2.75) is 13.8 Å². The monoisotopic (exact) mass is 429 g/mol. The van der Waals surface area contributed by atoms with Gasteiger partial charge < -0.3 is 0 Å². The minimum Gasteiger partial charge on any atom is -0.275 e. The van der Waals surface area contributed by atoms with E-state index in [4.69, 9.17) is 0 Å². The Morgan fingerprint density at radius 2 is 1.48 bits per heavy atom. The van der Waals surface area contributed by atoms with Gasteiger partial charge in [0.25, 0.3) is 5.56 Å². The standard InChI is InChI=1S/C26H19NO.C5H8/c1-4-8-16(2)17(3)18-13-14-24-23(15-18)21-12-7-11-20-19-9-5-6-10-22(19)26(28)27(24)25(20)21;1-3-5-4-2/h4-15H,2-3H2,1H3;3-5H,1H2,2H3/b8-4-;5-4-. The maximum Gasteiger partial charge on any atom is 0.263 e. The fraction of sp³-hybridized carbons (Fsp3) is 0.0645. The van der Waals surface area contributed by atoms with E-state index in [2.05, 4.69) is 44.0 Å². The van der Waals surface area contributed by atoms with E-state index in [0.717, 1.165) is 54.7 Å². The first kappa shape index (κ1) is 22.0. The lowest BCUT2D eigenvalue weighted by atomic mass is 9.98. The van der Waals surface area contributed by atoms with Gasteiger partial charge in [0.05, 0.1) is 11.0 Å². The molecule has 3 aromatic carbocycles. The van der Waals surface area contributed by atoms with Gasteiger partial charge >= 0.3 is 0 Å². The lowest BCUT2D eigenvalue weighted by Crippen LogP contribution is -2.12.